The van der Waals surface area contributed by atoms with Crippen molar-refractivity contribution in [1.82, 2.24) is 5.32 Å². The van der Waals surface area contributed by atoms with Gasteiger partial charge in [0.2, 0.25) is 0 Å². The van der Waals surface area contributed by atoms with E-state index in [-0.39, 0.29) is 6.04 Å². The van der Waals surface area contributed by atoms with Gasteiger partial charge in [0.25, 0.3) is 0 Å². The van der Waals surface area contributed by atoms with Crippen LogP contribution in [0.5, 0.6) is 0 Å². The highest BCUT2D eigenvalue weighted by Crippen LogP contribution is 2.14. The summed E-state index contributed by atoms with van der Waals surface area (Å²) < 4.78 is 0. The van der Waals surface area contributed by atoms with Crippen molar-refractivity contribution in [2.45, 2.75) is 39.2 Å². The van der Waals surface area contributed by atoms with Crippen LogP contribution in [0.3, 0.4) is 0 Å². The average molecular weight is 155 g/mol. The van der Waals surface area contributed by atoms with Gasteiger partial charge in [0, 0.05) is 6.42 Å². The molecule has 0 saturated heterocycles. The summed E-state index contributed by atoms with van der Waals surface area (Å²) >= 11 is 0. The Bertz CT molecular complexity index is 142. The first-order chi connectivity index (χ1) is 5.20. The standard InChI is InChI=1S/C9H17NO/c1-7(2)6-10-8-4-3-5-9(8)11/h7-8,10H,3-6H2,1-2H3. The van der Waals surface area contributed by atoms with Crippen LogP contribution in [-0.2, 0) is 4.79 Å². The average Bonchev–Trinajstić information content (AvgIpc) is 2.31. The molecule has 0 amide bonds. The third-order valence-corrected chi connectivity index (χ3v) is 2.08. The van der Waals surface area contributed by atoms with Crippen LogP contribution < -0.4 is 5.32 Å². The first-order valence-electron chi connectivity index (χ1n) is 4.46. The molecule has 64 valence electrons. The predicted molar refractivity (Wildman–Crippen MR) is 45.5 cm³/mol. The van der Waals surface area contributed by atoms with Gasteiger partial charge in [-0.1, -0.05) is 13.8 Å². The minimum Gasteiger partial charge on any atom is -0.307 e. The zero-order valence-electron chi connectivity index (χ0n) is 7.39. The molecule has 11 heavy (non-hydrogen) atoms. The van der Waals surface area contributed by atoms with Crippen molar-refractivity contribution in [2.24, 2.45) is 5.92 Å². The Morgan fingerprint density at radius 1 is 1.64 bits per heavy atom. The molecule has 0 radical (unpaired) electrons. The Morgan fingerprint density at radius 2 is 2.36 bits per heavy atom. The largest absolute Gasteiger partial charge is 0.307 e. The zero-order valence-corrected chi connectivity index (χ0v) is 7.39. The lowest BCUT2D eigenvalue weighted by atomic mass is 10.2. The van der Waals surface area contributed by atoms with Crippen LogP contribution in [0.25, 0.3) is 0 Å². The number of carbonyl (C=O) groups is 1. The Morgan fingerprint density at radius 3 is 2.82 bits per heavy atom. The number of nitrogens with one attached hydrogen (secondary N) is 1. The minimum atomic E-state index is 0.178. The van der Waals surface area contributed by atoms with Crippen molar-refractivity contribution in [1.29, 1.82) is 0 Å². The highest BCUT2D eigenvalue weighted by molar-refractivity contribution is 5.85. The van der Waals surface area contributed by atoms with Crippen molar-refractivity contribution >= 4 is 5.78 Å². The van der Waals surface area contributed by atoms with E-state index in [1.165, 1.54) is 0 Å². The Balaban J connectivity index is 2.20. The van der Waals surface area contributed by atoms with E-state index in [0.717, 1.165) is 25.8 Å². The molecular weight excluding hydrogens is 138 g/mol. The summed E-state index contributed by atoms with van der Waals surface area (Å²) in [4.78, 5) is 11.1. The lowest BCUT2D eigenvalue weighted by Crippen LogP contribution is -2.34. The molecule has 0 aliphatic heterocycles. The SMILES string of the molecule is CC(C)CNC1CCCC1=O. The molecule has 1 fully saturated rings. The first-order valence-corrected chi connectivity index (χ1v) is 4.46. The molecule has 0 aromatic rings. The lowest BCUT2D eigenvalue weighted by Gasteiger charge is -2.12. The normalized spacial score (nSPS) is 25.0. The van der Waals surface area contributed by atoms with Crippen molar-refractivity contribution in [2.75, 3.05) is 6.54 Å². The number of hydrogen-bond donors (Lipinski definition) is 1. The van der Waals surface area contributed by atoms with Gasteiger partial charge in [-0.15, -0.1) is 0 Å². The summed E-state index contributed by atoms with van der Waals surface area (Å²) in [6, 6.07) is 0.178. The van der Waals surface area contributed by atoms with Gasteiger partial charge in [-0.25, -0.2) is 0 Å². The van der Waals surface area contributed by atoms with Crippen molar-refractivity contribution in [3.8, 4) is 0 Å². The molecule has 1 aliphatic rings. The quantitative estimate of drug-likeness (QED) is 0.666. The molecule has 1 atom stereocenters. The molecule has 0 heterocycles. The highest BCUT2D eigenvalue weighted by Gasteiger charge is 2.23. The second kappa shape index (κ2) is 3.86. The molecule has 2 heteroatoms. The maximum absolute atomic E-state index is 11.1. The molecule has 0 aromatic heterocycles. The van der Waals surface area contributed by atoms with Crippen LogP contribution >= 0.6 is 0 Å². The van der Waals surface area contributed by atoms with Gasteiger partial charge < -0.3 is 5.32 Å². The van der Waals surface area contributed by atoms with Crippen LogP contribution in [0.4, 0.5) is 0 Å². The van der Waals surface area contributed by atoms with E-state index in [2.05, 4.69) is 19.2 Å². The molecule has 1 N–H and O–H groups in total. The lowest BCUT2D eigenvalue weighted by molar-refractivity contribution is -0.119. The Hall–Kier alpha value is -0.370. The maximum Gasteiger partial charge on any atom is 0.149 e. The highest BCUT2D eigenvalue weighted by atomic mass is 16.1. The molecule has 0 bridgehead atoms. The first kappa shape index (κ1) is 8.72. The molecule has 2 nitrogen and oxygen atoms in total. The summed E-state index contributed by atoms with van der Waals surface area (Å²) in [5.74, 6) is 1.05. The number of ketones is 1. The monoisotopic (exact) mass is 155 g/mol. The van der Waals surface area contributed by atoms with E-state index in [1.54, 1.807) is 0 Å². The van der Waals surface area contributed by atoms with Crippen LogP contribution in [0.1, 0.15) is 33.1 Å². The van der Waals surface area contributed by atoms with E-state index in [0.29, 0.717) is 11.7 Å². The summed E-state index contributed by atoms with van der Waals surface area (Å²) in [7, 11) is 0. The number of hydrogen-bond acceptors (Lipinski definition) is 2. The topological polar surface area (TPSA) is 29.1 Å². The predicted octanol–water partition coefficient (Wildman–Crippen LogP) is 1.35. The molecule has 0 spiro atoms. The van der Waals surface area contributed by atoms with Gasteiger partial charge in [-0.3, -0.25) is 4.79 Å². The van der Waals surface area contributed by atoms with E-state index < -0.39 is 0 Å². The van der Waals surface area contributed by atoms with Crippen molar-refractivity contribution in [3.05, 3.63) is 0 Å². The minimum absolute atomic E-state index is 0.178. The number of rotatable bonds is 3. The smallest absolute Gasteiger partial charge is 0.149 e. The summed E-state index contributed by atoms with van der Waals surface area (Å²) in [5, 5.41) is 3.28. The van der Waals surface area contributed by atoms with E-state index in [4.69, 9.17) is 0 Å². The Kier molecular flexibility index (Phi) is 3.06. The second-order valence-corrected chi connectivity index (χ2v) is 3.71. The fourth-order valence-electron chi connectivity index (χ4n) is 1.41. The molecule has 1 unspecified atom stereocenters. The van der Waals surface area contributed by atoms with Gasteiger partial charge in [0.15, 0.2) is 0 Å². The molecule has 1 rings (SSSR count). The van der Waals surface area contributed by atoms with E-state index in [9.17, 15) is 4.79 Å². The van der Waals surface area contributed by atoms with Crippen molar-refractivity contribution < 1.29 is 4.79 Å². The molecule has 1 aliphatic carbocycles. The van der Waals surface area contributed by atoms with Gasteiger partial charge in [-0.05, 0) is 25.3 Å². The third kappa shape index (κ3) is 2.62. The fourth-order valence-corrected chi connectivity index (χ4v) is 1.41. The van der Waals surface area contributed by atoms with E-state index in [1.807, 2.05) is 0 Å². The summed E-state index contributed by atoms with van der Waals surface area (Å²) in [6.45, 7) is 5.29. The molecular formula is C9H17NO. The summed E-state index contributed by atoms with van der Waals surface area (Å²) in [6.07, 6.45) is 2.91. The van der Waals surface area contributed by atoms with Crippen LogP contribution in [0.2, 0.25) is 0 Å². The fraction of sp³-hybridized carbons (Fsp3) is 0.889. The van der Waals surface area contributed by atoms with Gasteiger partial charge in [-0.2, -0.15) is 0 Å². The number of carbonyl (C=O) groups excluding carboxylic acids is 1. The van der Waals surface area contributed by atoms with Gasteiger partial charge in [0.05, 0.1) is 6.04 Å². The van der Waals surface area contributed by atoms with E-state index >= 15 is 0 Å². The second-order valence-electron chi connectivity index (χ2n) is 3.71. The van der Waals surface area contributed by atoms with Gasteiger partial charge in [0.1, 0.15) is 5.78 Å². The number of Topliss-reactive ketones (excluding diaryl/α,β-unsaturated/α-hetero) is 1. The zero-order chi connectivity index (χ0) is 8.27. The van der Waals surface area contributed by atoms with Crippen LogP contribution in [0.15, 0.2) is 0 Å². The maximum atomic E-state index is 11.1. The third-order valence-electron chi connectivity index (χ3n) is 2.08. The Labute approximate surface area is 68.4 Å². The molecule has 1 saturated carbocycles. The molecule has 0 aromatic carbocycles. The van der Waals surface area contributed by atoms with Crippen LogP contribution in [0, 0.1) is 5.92 Å². The summed E-state index contributed by atoms with van der Waals surface area (Å²) in [5.41, 5.74) is 0. The van der Waals surface area contributed by atoms with Crippen LogP contribution in [-0.4, -0.2) is 18.4 Å². The van der Waals surface area contributed by atoms with Gasteiger partial charge >= 0.3 is 0 Å². The van der Waals surface area contributed by atoms with Crippen molar-refractivity contribution in [3.63, 3.8) is 0 Å².